The summed E-state index contributed by atoms with van der Waals surface area (Å²) in [5.41, 5.74) is 0.537. The molecule has 1 aromatic heterocycles. The molecular weight excluding hydrogens is 304 g/mol. The molecule has 9 heteroatoms. The van der Waals surface area contributed by atoms with Gasteiger partial charge in [-0.1, -0.05) is 11.6 Å². The van der Waals surface area contributed by atoms with Gasteiger partial charge in [0, 0.05) is 5.02 Å². The summed E-state index contributed by atoms with van der Waals surface area (Å²) in [6, 6.07) is 4.59. The second kappa shape index (κ2) is 5.68. The molecule has 1 aromatic carbocycles. The lowest BCUT2D eigenvalue weighted by molar-refractivity contribution is 0.314. The van der Waals surface area contributed by atoms with E-state index < -0.39 is 10.0 Å². The highest BCUT2D eigenvalue weighted by Crippen LogP contribution is 2.21. The third-order valence-electron chi connectivity index (χ3n) is 2.40. The van der Waals surface area contributed by atoms with Gasteiger partial charge in [0.25, 0.3) is 10.0 Å². The monoisotopic (exact) mass is 316 g/mol. The van der Waals surface area contributed by atoms with Gasteiger partial charge in [-0.05, 0) is 37.6 Å². The van der Waals surface area contributed by atoms with Crippen LogP contribution in [0.15, 0.2) is 23.1 Å². The fourth-order valence-corrected chi connectivity index (χ4v) is 2.99. The fourth-order valence-electron chi connectivity index (χ4n) is 1.58. The van der Waals surface area contributed by atoms with Crippen LogP contribution in [0, 0.1) is 6.92 Å². The Bertz CT molecular complexity index is 714. The van der Waals surface area contributed by atoms with Gasteiger partial charge in [-0.15, -0.1) is 5.10 Å². The molecule has 0 aliphatic carbocycles. The zero-order valence-corrected chi connectivity index (χ0v) is 12.4. The minimum absolute atomic E-state index is 0.0113. The molecule has 108 valence electrons. The molecule has 0 atom stereocenters. The van der Waals surface area contributed by atoms with Crippen molar-refractivity contribution in [2.75, 3.05) is 11.3 Å². The van der Waals surface area contributed by atoms with Crippen LogP contribution in [0.5, 0.6) is 6.01 Å². The number of nitrogens with zero attached hydrogens (tertiary/aromatic N) is 2. The lowest BCUT2D eigenvalue weighted by Gasteiger charge is -2.08. The Morgan fingerprint density at radius 3 is 2.85 bits per heavy atom. The van der Waals surface area contributed by atoms with E-state index in [9.17, 15) is 8.42 Å². The van der Waals surface area contributed by atoms with Crippen LogP contribution in [0.25, 0.3) is 0 Å². The van der Waals surface area contributed by atoms with Gasteiger partial charge in [-0.3, -0.25) is 0 Å². The molecule has 0 radical (unpaired) electrons. The van der Waals surface area contributed by atoms with Crippen LogP contribution >= 0.6 is 11.6 Å². The summed E-state index contributed by atoms with van der Waals surface area (Å²) in [5.74, 6) is -0.0113. The summed E-state index contributed by atoms with van der Waals surface area (Å²) in [4.78, 5) is 3.97. The fraction of sp³-hybridized carbons (Fsp3) is 0.273. The van der Waals surface area contributed by atoms with Crippen molar-refractivity contribution >= 4 is 27.6 Å². The number of H-pyrrole nitrogens is 1. The molecule has 2 N–H and O–H groups in total. The first-order chi connectivity index (χ1) is 9.42. The molecule has 0 aliphatic heterocycles. The Hall–Kier alpha value is -1.80. The van der Waals surface area contributed by atoms with E-state index in [1.165, 1.54) is 12.1 Å². The number of hydrogen-bond donors (Lipinski definition) is 2. The molecule has 0 aliphatic rings. The number of aromatic nitrogens is 3. The van der Waals surface area contributed by atoms with Gasteiger partial charge < -0.3 is 4.74 Å². The molecule has 0 saturated carbocycles. The van der Waals surface area contributed by atoms with Crippen molar-refractivity contribution in [3.05, 3.63) is 28.8 Å². The van der Waals surface area contributed by atoms with E-state index in [0.29, 0.717) is 17.2 Å². The smallest absolute Gasteiger partial charge is 0.337 e. The summed E-state index contributed by atoms with van der Waals surface area (Å²) in [6.45, 7) is 3.82. The molecule has 20 heavy (non-hydrogen) atoms. The third-order valence-corrected chi connectivity index (χ3v) is 4.13. The summed E-state index contributed by atoms with van der Waals surface area (Å²) in [5, 5.41) is 6.63. The molecule has 0 fully saturated rings. The van der Waals surface area contributed by atoms with E-state index in [-0.39, 0.29) is 16.9 Å². The van der Waals surface area contributed by atoms with Crippen LogP contribution in [0.4, 0.5) is 5.95 Å². The molecule has 1 heterocycles. The number of halogens is 1. The van der Waals surface area contributed by atoms with Gasteiger partial charge in [0.2, 0.25) is 5.95 Å². The Labute approximate surface area is 121 Å². The maximum absolute atomic E-state index is 12.2. The number of aryl methyl sites for hydroxylation is 1. The zero-order chi connectivity index (χ0) is 14.8. The number of nitrogens with one attached hydrogen (secondary N) is 2. The number of benzene rings is 1. The Morgan fingerprint density at radius 1 is 1.45 bits per heavy atom. The lowest BCUT2D eigenvalue weighted by Crippen LogP contribution is -2.15. The number of ether oxygens (including phenoxy) is 1. The molecule has 0 unspecified atom stereocenters. The van der Waals surface area contributed by atoms with Crippen LogP contribution < -0.4 is 9.46 Å². The first kappa shape index (κ1) is 14.6. The predicted molar refractivity (Wildman–Crippen MR) is 74.5 cm³/mol. The van der Waals surface area contributed by atoms with Gasteiger partial charge >= 0.3 is 6.01 Å². The average Bonchev–Trinajstić information content (AvgIpc) is 2.75. The van der Waals surface area contributed by atoms with Crippen LogP contribution in [0.2, 0.25) is 5.02 Å². The summed E-state index contributed by atoms with van der Waals surface area (Å²) >= 11 is 5.81. The summed E-state index contributed by atoms with van der Waals surface area (Å²) < 4.78 is 31.8. The second-order valence-corrected chi connectivity index (χ2v) is 6.00. The molecular formula is C11H13ClN4O3S. The summed E-state index contributed by atoms with van der Waals surface area (Å²) in [6.07, 6.45) is 0. The van der Waals surface area contributed by atoms with Crippen molar-refractivity contribution < 1.29 is 13.2 Å². The molecule has 0 saturated heterocycles. The van der Waals surface area contributed by atoms with Crippen molar-refractivity contribution in [2.24, 2.45) is 0 Å². The van der Waals surface area contributed by atoms with Crippen molar-refractivity contribution in [3.63, 3.8) is 0 Å². The van der Waals surface area contributed by atoms with Crippen LogP contribution in [0.1, 0.15) is 12.5 Å². The third kappa shape index (κ3) is 3.20. The number of anilines is 1. The highest BCUT2D eigenvalue weighted by Gasteiger charge is 2.19. The molecule has 0 amide bonds. The Balaban J connectivity index is 2.26. The molecule has 0 spiro atoms. The van der Waals surface area contributed by atoms with Crippen molar-refractivity contribution in [1.82, 2.24) is 15.2 Å². The number of aromatic amines is 1. The normalized spacial score (nSPS) is 11.3. The van der Waals surface area contributed by atoms with E-state index in [2.05, 4.69) is 19.9 Å². The quantitative estimate of drug-likeness (QED) is 0.879. The zero-order valence-electron chi connectivity index (χ0n) is 10.8. The Kier molecular flexibility index (Phi) is 4.15. The summed E-state index contributed by atoms with van der Waals surface area (Å²) in [7, 11) is -3.76. The topological polar surface area (TPSA) is 97.0 Å². The van der Waals surface area contributed by atoms with Gasteiger partial charge in [0.05, 0.1) is 11.5 Å². The van der Waals surface area contributed by atoms with Crippen molar-refractivity contribution in [2.45, 2.75) is 18.7 Å². The van der Waals surface area contributed by atoms with Gasteiger partial charge in [-0.2, -0.15) is 4.98 Å². The minimum atomic E-state index is -3.76. The standard InChI is InChI=1S/C11H13ClN4O3S/c1-3-19-11-13-10(14-15-11)16-20(17,18)9-5-4-8(12)6-7(9)2/h4-6H,3H2,1-2H3,(H2,13,14,15,16). The minimum Gasteiger partial charge on any atom is -0.463 e. The Morgan fingerprint density at radius 2 is 2.20 bits per heavy atom. The maximum atomic E-state index is 12.2. The second-order valence-electron chi connectivity index (χ2n) is 3.91. The highest BCUT2D eigenvalue weighted by molar-refractivity contribution is 7.92. The van der Waals surface area contributed by atoms with Crippen LogP contribution in [-0.2, 0) is 10.0 Å². The lowest BCUT2D eigenvalue weighted by atomic mass is 10.2. The van der Waals surface area contributed by atoms with Crippen LogP contribution in [0.3, 0.4) is 0 Å². The van der Waals surface area contributed by atoms with E-state index in [1.54, 1.807) is 19.9 Å². The number of rotatable bonds is 5. The predicted octanol–water partition coefficient (Wildman–Crippen LogP) is 1.97. The molecule has 2 rings (SSSR count). The van der Waals surface area contributed by atoms with Crippen LogP contribution in [-0.4, -0.2) is 30.2 Å². The first-order valence-corrected chi connectivity index (χ1v) is 7.62. The number of sulfonamides is 1. The largest absolute Gasteiger partial charge is 0.463 e. The van der Waals surface area contributed by atoms with E-state index in [0.717, 1.165) is 0 Å². The van der Waals surface area contributed by atoms with Gasteiger partial charge in [0.1, 0.15) is 0 Å². The highest BCUT2D eigenvalue weighted by atomic mass is 35.5. The van der Waals surface area contributed by atoms with Crippen molar-refractivity contribution in [3.8, 4) is 6.01 Å². The molecule has 2 aromatic rings. The maximum Gasteiger partial charge on any atom is 0.337 e. The van der Waals surface area contributed by atoms with E-state index in [1.807, 2.05) is 0 Å². The number of hydrogen-bond acceptors (Lipinski definition) is 5. The molecule has 7 nitrogen and oxygen atoms in total. The van der Waals surface area contributed by atoms with Gasteiger partial charge in [-0.25, -0.2) is 18.2 Å². The van der Waals surface area contributed by atoms with Gasteiger partial charge in [0.15, 0.2) is 0 Å². The average molecular weight is 317 g/mol. The SMILES string of the molecule is CCOc1n[nH]c(NS(=O)(=O)c2ccc(Cl)cc2C)n1. The van der Waals surface area contributed by atoms with E-state index in [4.69, 9.17) is 16.3 Å². The van der Waals surface area contributed by atoms with Crippen molar-refractivity contribution in [1.29, 1.82) is 0 Å². The van der Waals surface area contributed by atoms with E-state index >= 15 is 0 Å². The molecule has 0 bridgehead atoms. The first-order valence-electron chi connectivity index (χ1n) is 5.76.